The molecule has 0 amide bonds. The third kappa shape index (κ3) is 1.21. The summed E-state index contributed by atoms with van der Waals surface area (Å²) in [5.41, 5.74) is 0.103. The highest BCUT2D eigenvalue weighted by molar-refractivity contribution is 6.50. The van der Waals surface area contributed by atoms with E-state index < -0.39 is 11.9 Å². The van der Waals surface area contributed by atoms with Crippen molar-refractivity contribution in [2.75, 3.05) is 0 Å². The number of ether oxygens (including phenoxy) is 1. The lowest BCUT2D eigenvalue weighted by molar-refractivity contribution is 0.0385. The molecule has 2 bridgehead atoms. The molecule has 0 N–H and O–H groups in total. The molecule has 1 aliphatic heterocycles. The van der Waals surface area contributed by atoms with Gasteiger partial charge in [0.05, 0.1) is 26.2 Å². The monoisotopic (exact) mass is 250 g/mol. The fourth-order valence-corrected chi connectivity index (χ4v) is 1.80. The molecule has 6 heteroatoms. The average molecular weight is 251 g/mol. The molecule has 2 rings (SSSR count). The first-order chi connectivity index (χ1) is 6.52. The molecule has 0 fully saturated rings. The molecule has 1 heterocycles. The van der Waals surface area contributed by atoms with Gasteiger partial charge in [0.2, 0.25) is 0 Å². The number of carbonyl (C=O) groups excluding carboxylic acids is 2. The molecule has 14 heavy (non-hydrogen) atoms. The standard InChI is InChI=1S/C8HCl3O3/c9-4-2-1-3(5(10)6(4)11)8(13)14-7(2)12/h1H. The Morgan fingerprint density at radius 1 is 0.857 bits per heavy atom. The number of carbonyl (C=O) groups is 2. The van der Waals surface area contributed by atoms with Crippen LogP contribution in [0.3, 0.4) is 0 Å². The van der Waals surface area contributed by atoms with Crippen molar-refractivity contribution in [2.24, 2.45) is 0 Å². The molecule has 0 spiro atoms. The van der Waals surface area contributed by atoms with Gasteiger partial charge in [0, 0.05) is 0 Å². The molecule has 0 aliphatic carbocycles. The Balaban J connectivity index is 2.84. The summed E-state index contributed by atoms with van der Waals surface area (Å²) in [6, 6.07) is 1.27. The summed E-state index contributed by atoms with van der Waals surface area (Å²) < 4.78 is 4.38. The second-order valence-corrected chi connectivity index (χ2v) is 3.72. The number of rotatable bonds is 0. The van der Waals surface area contributed by atoms with Crippen LogP contribution >= 0.6 is 34.8 Å². The largest absolute Gasteiger partial charge is 0.386 e. The molecule has 0 unspecified atom stereocenters. The highest BCUT2D eigenvalue weighted by atomic mass is 35.5. The van der Waals surface area contributed by atoms with Crippen LogP contribution in [0.25, 0.3) is 0 Å². The Hall–Kier alpha value is -0.770. The topological polar surface area (TPSA) is 43.4 Å². The molecule has 0 aromatic heterocycles. The zero-order chi connectivity index (χ0) is 10.5. The lowest BCUT2D eigenvalue weighted by Gasteiger charge is -2.15. The van der Waals surface area contributed by atoms with Gasteiger partial charge in [-0.25, -0.2) is 9.59 Å². The number of halogens is 3. The first-order valence-electron chi connectivity index (χ1n) is 3.46. The van der Waals surface area contributed by atoms with Gasteiger partial charge in [-0.05, 0) is 6.07 Å². The lowest BCUT2D eigenvalue weighted by atomic mass is 10.1. The van der Waals surface area contributed by atoms with Gasteiger partial charge in [-0.2, -0.15) is 0 Å². The Morgan fingerprint density at radius 3 is 1.71 bits per heavy atom. The summed E-state index contributed by atoms with van der Waals surface area (Å²) in [5, 5.41) is -0.0123. The van der Waals surface area contributed by atoms with Gasteiger partial charge in [-0.3, -0.25) is 0 Å². The van der Waals surface area contributed by atoms with Crippen LogP contribution in [0.1, 0.15) is 20.7 Å². The summed E-state index contributed by atoms with van der Waals surface area (Å²) in [4.78, 5) is 22.2. The zero-order valence-corrected chi connectivity index (χ0v) is 8.70. The van der Waals surface area contributed by atoms with Crippen molar-refractivity contribution >= 4 is 46.7 Å². The molecule has 3 nitrogen and oxygen atoms in total. The highest BCUT2D eigenvalue weighted by Crippen LogP contribution is 2.38. The van der Waals surface area contributed by atoms with Crippen LogP contribution < -0.4 is 0 Å². The van der Waals surface area contributed by atoms with E-state index in [1.807, 2.05) is 0 Å². The zero-order valence-electron chi connectivity index (χ0n) is 6.44. The van der Waals surface area contributed by atoms with Gasteiger partial charge in [0.1, 0.15) is 0 Å². The number of hydrogen-bond acceptors (Lipinski definition) is 3. The van der Waals surface area contributed by atoms with E-state index >= 15 is 0 Å². The van der Waals surface area contributed by atoms with Crippen LogP contribution in [0.15, 0.2) is 6.07 Å². The maximum atomic E-state index is 11.1. The van der Waals surface area contributed by atoms with Gasteiger partial charge >= 0.3 is 11.9 Å². The van der Waals surface area contributed by atoms with Gasteiger partial charge in [-0.1, -0.05) is 34.8 Å². The van der Waals surface area contributed by atoms with Crippen molar-refractivity contribution in [2.45, 2.75) is 0 Å². The van der Waals surface area contributed by atoms with E-state index in [0.717, 1.165) is 0 Å². The van der Waals surface area contributed by atoms with Crippen LogP contribution in [0.4, 0.5) is 0 Å². The SMILES string of the molecule is O=C1OC(=O)c2cc1c(Cl)c(Cl)c2Cl. The Kier molecular flexibility index (Phi) is 2.18. The molecule has 0 atom stereocenters. The van der Waals surface area contributed by atoms with Gasteiger partial charge in [-0.15, -0.1) is 0 Å². The van der Waals surface area contributed by atoms with Crippen molar-refractivity contribution in [1.82, 2.24) is 0 Å². The quantitative estimate of drug-likeness (QED) is 0.404. The fraction of sp³-hybridized carbons (Fsp3) is 0. The van der Waals surface area contributed by atoms with Gasteiger partial charge in [0.15, 0.2) is 0 Å². The maximum absolute atomic E-state index is 11.1. The summed E-state index contributed by atoms with van der Waals surface area (Å²) in [7, 11) is 0. The van der Waals surface area contributed by atoms with Crippen molar-refractivity contribution in [3.63, 3.8) is 0 Å². The summed E-state index contributed by atoms with van der Waals surface area (Å²) in [6.07, 6.45) is 0. The van der Waals surface area contributed by atoms with Crippen LogP contribution in [-0.2, 0) is 4.74 Å². The Morgan fingerprint density at radius 2 is 1.29 bits per heavy atom. The van der Waals surface area contributed by atoms with Crippen LogP contribution in [0.2, 0.25) is 15.1 Å². The lowest BCUT2D eigenvalue weighted by Crippen LogP contribution is -2.20. The predicted octanol–water partition coefficient (Wildman–Crippen LogP) is 2.96. The van der Waals surface area contributed by atoms with Gasteiger partial charge < -0.3 is 4.74 Å². The van der Waals surface area contributed by atoms with Crippen molar-refractivity contribution in [3.05, 3.63) is 32.3 Å². The summed E-state index contributed by atoms with van der Waals surface area (Å²) >= 11 is 17.1. The molecule has 1 aromatic carbocycles. The summed E-state index contributed by atoms with van der Waals surface area (Å²) in [6.45, 7) is 0. The van der Waals surface area contributed by atoms with E-state index in [1.54, 1.807) is 0 Å². The molecule has 1 aliphatic rings. The first kappa shape index (κ1) is 9.77. The molecular weight excluding hydrogens is 250 g/mol. The fourth-order valence-electron chi connectivity index (χ4n) is 1.10. The van der Waals surface area contributed by atoms with E-state index in [9.17, 15) is 9.59 Å². The second-order valence-electron chi connectivity index (χ2n) is 2.59. The average Bonchev–Trinajstić information content (AvgIpc) is 2.13. The smallest absolute Gasteiger partial charge is 0.347 e. The van der Waals surface area contributed by atoms with Crippen LogP contribution in [0, 0.1) is 0 Å². The minimum Gasteiger partial charge on any atom is -0.386 e. The molecule has 1 aromatic rings. The van der Waals surface area contributed by atoms with E-state index in [2.05, 4.69) is 4.74 Å². The maximum Gasteiger partial charge on any atom is 0.347 e. The minimum atomic E-state index is -0.814. The predicted molar refractivity (Wildman–Crippen MR) is 51.2 cm³/mol. The number of benzene rings is 1. The van der Waals surface area contributed by atoms with Crippen LogP contribution in [-0.4, -0.2) is 11.9 Å². The van der Waals surface area contributed by atoms with E-state index in [-0.39, 0.29) is 26.2 Å². The van der Waals surface area contributed by atoms with Crippen LogP contribution in [0.5, 0.6) is 0 Å². The Labute approximate surface area is 93.5 Å². The second kappa shape index (κ2) is 3.12. The number of fused-ring (bicyclic) bond motifs is 2. The molecular formula is C8HCl3O3. The first-order valence-corrected chi connectivity index (χ1v) is 4.59. The molecule has 0 saturated heterocycles. The normalized spacial score (nSPS) is 14.2. The third-order valence-corrected chi connectivity index (χ3v) is 3.13. The highest BCUT2D eigenvalue weighted by Gasteiger charge is 2.30. The minimum absolute atomic E-state index is 0.00193. The number of cyclic esters (lactones) is 2. The molecule has 72 valence electrons. The van der Waals surface area contributed by atoms with Gasteiger partial charge in [0.25, 0.3) is 0 Å². The summed E-state index contributed by atoms with van der Waals surface area (Å²) in [5.74, 6) is -1.63. The van der Waals surface area contributed by atoms with Crippen molar-refractivity contribution in [3.8, 4) is 0 Å². The number of hydrogen-bond donors (Lipinski definition) is 0. The van der Waals surface area contributed by atoms with Crippen molar-refractivity contribution in [1.29, 1.82) is 0 Å². The van der Waals surface area contributed by atoms with E-state index in [0.29, 0.717) is 0 Å². The van der Waals surface area contributed by atoms with E-state index in [4.69, 9.17) is 34.8 Å². The molecule has 0 radical (unpaired) electrons. The third-order valence-electron chi connectivity index (χ3n) is 1.77. The number of esters is 2. The molecule has 0 saturated carbocycles. The Bertz CT molecular complexity index is 429. The van der Waals surface area contributed by atoms with Crippen molar-refractivity contribution < 1.29 is 14.3 Å². The van der Waals surface area contributed by atoms with E-state index in [1.165, 1.54) is 6.07 Å².